The van der Waals surface area contributed by atoms with Crippen LogP contribution in [0.1, 0.15) is 38.2 Å². The average molecular weight is 637 g/mol. The first-order valence-corrected chi connectivity index (χ1v) is 16.5. The fourth-order valence-electron chi connectivity index (χ4n) is 5.83. The second kappa shape index (κ2) is 11.4. The number of hydrogen-bond donors (Lipinski definition) is 3. The summed E-state index contributed by atoms with van der Waals surface area (Å²) < 4.78 is 76.3. The normalized spacial score (nSPS) is 13.1. The van der Waals surface area contributed by atoms with Crippen molar-refractivity contribution in [3.8, 4) is 28.0 Å². The summed E-state index contributed by atoms with van der Waals surface area (Å²) in [6.45, 7) is 5.71. The molecule has 5 rings (SSSR count). The summed E-state index contributed by atoms with van der Waals surface area (Å²) >= 11 is 0. The van der Waals surface area contributed by atoms with Crippen LogP contribution in [0, 0.1) is 20.8 Å². The number of carbonyl (C=O) groups is 1. The van der Waals surface area contributed by atoms with Crippen LogP contribution in [0.3, 0.4) is 0 Å². The standard InChI is InChI=1S/C32H32N2O8S2/c1-18-9-11-28(43(36,37)38)23(13-18)22-15-25(24-14-19(2)10-12-29(24)44(39,40)41)30(31(42-5)20(22)3)32(35)34-16-21-7-6-8-27(33-4)26(21)17-34/h6-15,33H,16-17H2,1-5H3,(H,36,37,38)(H,39,40,41). The predicted octanol–water partition coefficient (Wildman–Crippen LogP) is 5.65. The lowest BCUT2D eigenvalue weighted by atomic mass is 9.88. The van der Waals surface area contributed by atoms with Gasteiger partial charge in [-0.15, -0.1) is 0 Å². The van der Waals surface area contributed by atoms with Gasteiger partial charge in [-0.2, -0.15) is 16.8 Å². The minimum absolute atomic E-state index is 0.0316. The third-order valence-corrected chi connectivity index (χ3v) is 9.72. The van der Waals surface area contributed by atoms with Crippen LogP contribution in [-0.2, 0) is 33.3 Å². The van der Waals surface area contributed by atoms with Gasteiger partial charge >= 0.3 is 0 Å². The molecular weight excluding hydrogens is 604 g/mol. The van der Waals surface area contributed by atoms with Crippen molar-refractivity contribution in [3.63, 3.8) is 0 Å². The number of ether oxygens (including phenoxy) is 1. The molecule has 4 aromatic carbocycles. The van der Waals surface area contributed by atoms with Crippen LogP contribution in [0.4, 0.5) is 5.69 Å². The topological polar surface area (TPSA) is 150 Å². The van der Waals surface area contributed by atoms with Crippen molar-refractivity contribution in [2.45, 2.75) is 43.7 Å². The van der Waals surface area contributed by atoms with Gasteiger partial charge < -0.3 is 15.0 Å². The maximum absolute atomic E-state index is 14.5. The summed E-state index contributed by atoms with van der Waals surface area (Å²) in [5, 5.41) is 3.15. The summed E-state index contributed by atoms with van der Waals surface area (Å²) in [7, 11) is -6.29. The molecule has 0 spiro atoms. The fourth-order valence-corrected chi connectivity index (χ4v) is 7.21. The molecule has 0 aromatic heterocycles. The minimum Gasteiger partial charge on any atom is -0.496 e. The molecule has 12 heteroatoms. The van der Waals surface area contributed by atoms with Crippen molar-refractivity contribution in [2.75, 3.05) is 19.5 Å². The van der Waals surface area contributed by atoms with Gasteiger partial charge in [0.2, 0.25) is 0 Å². The molecule has 0 aliphatic carbocycles. The van der Waals surface area contributed by atoms with E-state index in [9.17, 15) is 30.7 Å². The molecule has 44 heavy (non-hydrogen) atoms. The smallest absolute Gasteiger partial charge is 0.295 e. The van der Waals surface area contributed by atoms with Crippen molar-refractivity contribution in [1.82, 2.24) is 4.90 Å². The molecule has 10 nitrogen and oxygen atoms in total. The average Bonchev–Trinajstić information content (AvgIpc) is 3.40. The maximum atomic E-state index is 14.5. The number of hydrogen-bond acceptors (Lipinski definition) is 7. The third kappa shape index (κ3) is 5.57. The van der Waals surface area contributed by atoms with Gasteiger partial charge in [0.15, 0.2) is 0 Å². The van der Waals surface area contributed by atoms with Crippen molar-refractivity contribution in [3.05, 3.63) is 94.0 Å². The Hall–Kier alpha value is -4.23. The van der Waals surface area contributed by atoms with Crippen LogP contribution in [-0.4, -0.2) is 50.9 Å². The first kappa shape index (κ1) is 31.2. The highest BCUT2D eigenvalue weighted by molar-refractivity contribution is 7.86. The van der Waals surface area contributed by atoms with Gasteiger partial charge in [-0.05, 0) is 67.3 Å². The van der Waals surface area contributed by atoms with E-state index < -0.39 is 31.0 Å². The van der Waals surface area contributed by atoms with E-state index in [1.807, 2.05) is 18.2 Å². The van der Waals surface area contributed by atoms with Crippen LogP contribution < -0.4 is 10.1 Å². The zero-order valence-corrected chi connectivity index (χ0v) is 26.4. The van der Waals surface area contributed by atoms with Crippen LogP contribution in [0.5, 0.6) is 5.75 Å². The van der Waals surface area contributed by atoms with Crippen molar-refractivity contribution >= 4 is 31.8 Å². The molecule has 0 saturated carbocycles. The first-order chi connectivity index (χ1) is 20.6. The van der Waals surface area contributed by atoms with E-state index in [0.29, 0.717) is 16.7 Å². The number of nitrogens with zero attached hydrogens (tertiary/aromatic N) is 1. The van der Waals surface area contributed by atoms with Gasteiger partial charge in [-0.1, -0.05) is 47.5 Å². The Morgan fingerprint density at radius 3 is 1.89 bits per heavy atom. The van der Waals surface area contributed by atoms with Crippen LogP contribution in [0.2, 0.25) is 0 Å². The van der Waals surface area contributed by atoms with Crippen LogP contribution in [0.15, 0.2) is 70.5 Å². The first-order valence-electron chi connectivity index (χ1n) is 13.6. The van der Waals surface area contributed by atoms with Gasteiger partial charge in [0.1, 0.15) is 15.5 Å². The number of anilines is 1. The zero-order valence-electron chi connectivity index (χ0n) is 24.8. The number of fused-ring (bicyclic) bond motifs is 1. The van der Waals surface area contributed by atoms with E-state index in [-0.39, 0.29) is 51.6 Å². The highest BCUT2D eigenvalue weighted by Crippen LogP contribution is 2.45. The Bertz CT molecular complexity index is 2060. The van der Waals surface area contributed by atoms with E-state index >= 15 is 0 Å². The molecule has 1 heterocycles. The molecule has 0 saturated heterocycles. The van der Waals surface area contributed by atoms with E-state index in [1.54, 1.807) is 44.9 Å². The molecule has 1 aliphatic heterocycles. The summed E-state index contributed by atoms with van der Waals surface area (Å²) in [5.74, 6) is -0.357. The molecule has 3 N–H and O–H groups in total. The lowest BCUT2D eigenvalue weighted by Gasteiger charge is -2.24. The SMILES string of the molecule is CNc1cccc2c1CN(C(=O)c1c(-c3cc(C)ccc3S(=O)(=O)O)cc(-c3cc(C)ccc3S(=O)(=O)O)c(C)c1OC)C2. The van der Waals surface area contributed by atoms with Gasteiger partial charge in [0.05, 0.1) is 12.7 Å². The molecule has 0 atom stereocenters. The minimum atomic E-state index is -4.77. The Kier molecular flexibility index (Phi) is 8.06. The molecular formula is C32H32N2O8S2. The lowest BCUT2D eigenvalue weighted by Crippen LogP contribution is -2.27. The second-order valence-corrected chi connectivity index (χ2v) is 13.6. The van der Waals surface area contributed by atoms with Gasteiger partial charge in [0, 0.05) is 42.5 Å². The predicted molar refractivity (Wildman–Crippen MR) is 167 cm³/mol. The van der Waals surface area contributed by atoms with E-state index in [0.717, 1.165) is 16.8 Å². The van der Waals surface area contributed by atoms with Gasteiger partial charge in [0.25, 0.3) is 26.1 Å². The highest BCUT2D eigenvalue weighted by Gasteiger charge is 2.33. The van der Waals surface area contributed by atoms with Crippen LogP contribution in [0.25, 0.3) is 22.3 Å². The largest absolute Gasteiger partial charge is 0.496 e. The molecule has 230 valence electrons. The van der Waals surface area contributed by atoms with Crippen molar-refractivity contribution < 1.29 is 35.5 Å². The molecule has 0 radical (unpaired) electrons. The third-order valence-electron chi connectivity index (χ3n) is 7.89. The molecule has 0 fully saturated rings. The second-order valence-electron chi connectivity index (χ2n) is 10.8. The Morgan fingerprint density at radius 1 is 0.795 bits per heavy atom. The molecule has 1 amide bonds. The number of amides is 1. The van der Waals surface area contributed by atoms with Gasteiger partial charge in [-0.3, -0.25) is 13.9 Å². The number of aryl methyl sites for hydroxylation is 2. The number of benzene rings is 4. The number of carbonyl (C=O) groups excluding carboxylic acids is 1. The summed E-state index contributed by atoms with van der Waals surface area (Å²) in [5.41, 5.74) is 5.11. The van der Waals surface area contributed by atoms with E-state index in [2.05, 4.69) is 5.32 Å². The number of nitrogens with one attached hydrogen (secondary N) is 1. The number of methoxy groups -OCH3 is 1. The van der Waals surface area contributed by atoms with Crippen molar-refractivity contribution in [1.29, 1.82) is 0 Å². The Balaban J connectivity index is 1.86. The quantitative estimate of drug-likeness (QED) is 0.219. The van der Waals surface area contributed by atoms with Gasteiger partial charge in [-0.25, -0.2) is 0 Å². The lowest BCUT2D eigenvalue weighted by molar-refractivity contribution is 0.0748. The Labute approximate surface area is 256 Å². The monoisotopic (exact) mass is 636 g/mol. The summed E-state index contributed by atoms with van der Waals surface area (Å²) in [4.78, 5) is 15.3. The summed E-state index contributed by atoms with van der Waals surface area (Å²) in [6, 6.07) is 16.0. The van der Waals surface area contributed by atoms with Crippen molar-refractivity contribution in [2.24, 2.45) is 0 Å². The van der Waals surface area contributed by atoms with Crippen LogP contribution >= 0.6 is 0 Å². The highest BCUT2D eigenvalue weighted by atomic mass is 32.2. The van der Waals surface area contributed by atoms with E-state index in [1.165, 1.54) is 37.4 Å². The fraction of sp³-hybridized carbons (Fsp3) is 0.219. The molecule has 4 aromatic rings. The Morgan fingerprint density at radius 2 is 1.36 bits per heavy atom. The summed E-state index contributed by atoms with van der Waals surface area (Å²) in [6.07, 6.45) is 0. The molecule has 0 bridgehead atoms. The maximum Gasteiger partial charge on any atom is 0.295 e. The van der Waals surface area contributed by atoms with E-state index in [4.69, 9.17) is 4.74 Å². The molecule has 1 aliphatic rings. The number of rotatable bonds is 7. The zero-order chi connectivity index (χ0) is 32.1. The molecule has 0 unspecified atom stereocenters.